The first-order valence-electron chi connectivity index (χ1n) is 3.21. The summed E-state index contributed by atoms with van der Waals surface area (Å²) in [6.45, 7) is 2.97. The van der Waals surface area contributed by atoms with Crippen molar-refractivity contribution in [2.75, 3.05) is 0 Å². The Morgan fingerprint density at radius 1 is 1.21 bits per heavy atom. The Labute approximate surface area is 75.7 Å². The van der Waals surface area contributed by atoms with Crippen molar-refractivity contribution < 1.29 is 31.1 Å². The minimum absolute atomic E-state index is 0.759. The van der Waals surface area contributed by atoms with Gasteiger partial charge in [-0.25, -0.2) is 0 Å². The van der Waals surface area contributed by atoms with Gasteiger partial charge in [-0.1, -0.05) is 6.08 Å². The molecule has 0 rings (SSSR count). The Balaban J connectivity index is 4.61. The predicted octanol–water partition coefficient (Wildman–Crippen LogP) is 3.71. The van der Waals surface area contributed by atoms with Crippen LogP contribution >= 0.6 is 0 Å². The molecule has 0 atom stereocenters. The Kier molecular flexibility index (Phi) is 4.52. The van der Waals surface area contributed by atoms with Crippen molar-refractivity contribution in [3.8, 4) is 0 Å². The molecule has 0 aliphatic heterocycles. The fraction of sp³-hybridized carbons (Fsp3) is 0.286. The highest BCUT2D eigenvalue weighted by molar-refractivity contribution is 5.00. The summed E-state index contributed by atoms with van der Waals surface area (Å²) in [4.78, 5) is 0. The van der Waals surface area contributed by atoms with Gasteiger partial charge in [-0.2, -0.15) is 26.3 Å². The molecular formula is C7H5F6O. The molecule has 7 heteroatoms. The molecule has 81 valence electrons. The summed E-state index contributed by atoms with van der Waals surface area (Å²) in [5.74, 6) is -1.53. The van der Waals surface area contributed by atoms with E-state index < -0.39 is 30.8 Å². The van der Waals surface area contributed by atoms with Gasteiger partial charge >= 0.3 is 18.6 Å². The van der Waals surface area contributed by atoms with Crippen molar-refractivity contribution in [1.29, 1.82) is 0 Å². The third-order valence-corrected chi connectivity index (χ3v) is 1.01. The van der Waals surface area contributed by atoms with Gasteiger partial charge in [0.25, 0.3) is 0 Å². The maximum atomic E-state index is 12.1. The summed E-state index contributed by atoms with van der Waals surface area (Å²) in [6.07, 6.45) is -10.9. The third-order valence-electron chi connectivity index (χ3n) is 1.01. The molecule has 1 nitrogen and oxygen atoms in total. The van der Waals surface area contributed by atoms with Crippen LogP contribution in [0, 0.1) is 6.43 Å². The SMILES string of the molecule is C=CCC(OC(F)(F)[C](F)F)=C(F)F. The first-order chi connectivity index (χ1) is 6.31. The summed E-state index contributed by atoms with van der Waals surface area (Å²) in [7, 11) is 0. The molecule has 0 amide bonds. The van der Waals surface area contributed by atoms with Gasteiger partial charge in [-0.3, -0.25) is 0 Å². The number of ether oxygens (including phenoxy) is 1. The summed E-state index contributed by atoms with van der Waals surface area (Å²) >= 11 is 0. The van der Waals surface area contributed by atoms with E-state index >= 15 is 0 Å². The maximum absolute atomic E-state index is 12.1. The van der Waals surface area contributed by atoms with Crippen molar-refractivity contribution in [2.24, 2.45) is 0 Å². The molecule has 1 radical (unpaired) electrons. The molecule has 0 saturated carbocycles. The number of halogens is 6. The van der Waals surface area contributed by atoms with E-state index in [1.54, 1.807) is 0 Å². The van der Waals surface area contributed by atoms with Gasteiger partial charge in [0.15, 0.2) is 5.76 Å². The minimum atomic E-state index is -5.00. The Bertz CT molecular complexity index is 230. The predicted molar refractivity (Wildman–Crippen MR) is 35.5 cm³/mol. The van der Waals surface area contributed by atoms with E-state index in [2.05, 4.69) is 11.3 Å². The standard InChI is InChI=1S/C7H5F6O/c1-2-3-4(5(8)9)14-7(12,13)6(10)11/h2H,1,3H2. The van der Waals surface area contributed by atoms with Crippen LogP contribution in [0.15, 0.2) is 24.5 Å². The summed E-state index contributed by atoms with van der Waals surface area (Å²) in [5, 5.41) is 0. The van der Waals surface area contributed by atoms with E-state index in [0.717, 1.165) is 6.08 Å². The van der Waals surface area contributed by atoms with E-state index in [9.17, 15) is 26.3 Å². The Hall–Kier alpha value is -1.14. The van der Waals surface area contributed by atoms with E-state index in [0.29, 0.717) is 0 Å². The number of alkyl halides is 2. The highest BCUT2D eigenvalue weighted by Gasteiger charge is 2.47. The number of rotatable bonds is 5. The van der Waals surface area contributed by atoms with E-state index in [4.69, 9.17) is 0 Å². The van der Waals surface area contributed by atoms with Crippen molar-refractivity contribution >= 4 is 0 Å². The first-order valence-corrected chi connectivity index (χ1v) is 3.21. The highest BCUT2D eigenvalue weighted by Crippen LogP contribution is 2.34. The second-order valence-electron chi connectivity index (χ2n) is 2.06. The average Bonchev–Trinajstić information content (AvgIpc) is 2.02. The molecule has 0 bridgehead atoms. The zero-order valence-corrected chi connectivity index (χ0v) is 6.67. The van der Waals surface area contributed by atoms with Crippen LogP contribution in [0.5, 0.6) is 0 Å². The summed E-state index contributed by atoms with van der Waals surface area (Å²) in [6, 6.07) is 0. The van der Waals surface area contributed by atoms with Crippen LogP contribution in [0.3, 0.4) is 0 Å². The van der Waals surface area contributed by atoms with Gasteiger partial charge in [0.2, 0.25) is 0 Å². The van der Waals surface area contributed by atoms with Gasteiger partial charge in [0.05, 0.1) is 0 Å². The van der Waals surface area contributed by atoms with E-state index in [1.807, 2.05) is 0 Å². The minimum Gasteiger partial charge on any atom is -0.426 e. The molecule has 0 aliphatic rings. The van der Waals surface area contributed by atoms with Crippen molar-refractivity contribution in [3.05, 3.63) is 30.9 Å². The zero-order chi connectivity index (χ0) is 11.4. The van der Waals surface area contributed by atoms with E-state index in [-0.39, 0.29) is 0 Å². The molecule has 0 saturated heterocycles. The lowest BCUT2D eigenvalue weighted by molar-refractivity contribution is -0.241. The fourth-order valence-electron chi connectivity index (χ4n) is 0.482. The highest BCUT2D eigenvalue weighted by atomic mass is 19.3. The molecule has 14 heavy (non-hydrogen) atoms. The second-order valence-corrected chi connectivity index (χ2v) is 2.06. The average molecular weight is 219 g/mol. The van der Waals surface area contributed by atoms with Crippen molar-refractivity contribution in [3.63, 3.8) is 0 Å². The van der Waals surface area contributed by atoms with Crippen LogP contribution in [0.1, 0.15) is 6.42 Å². The van der Waals surface area contributed by atoms with Crippen LogP contribution in [-0.2, 0) is 4.74 Å². The van der Waals surface area contributed by atoms with Crippen LogP contribution in [0.25, 0.3) is 0 Å². The van der Waals surface area contributed by atoms with Crippen molar-refractivity contribution in [1.82, 2.24) is 0 Å². The van der Waals surface area contributed by atoms with E-state index in [1.165, 1.54) is 0 Å². The summed E-state index contributed by atoms with van der Waals surface area (Å²) in [5.41, 5.74) is 0. The van der Waals surface area contributed by atoms with Crippen LogP contribution in [0.2, 0.25) is 0 Å². The number of hydrogen-bond acceptors (Lipinski definition) is 1. The maximum Gasteiger partial charge on any atom is 0.471 e. The van der Waals surface area contributed by atoms with Gasteiger partial charge < -0.3 is 4.74 Å². The topological polar surface area (TPSA) is 9.23 Å². The molecular weight excluding hydrogens is 214 g/mol. The Morgan fingerprint density at radius 2 is 1.71 bits per heavy atom. The molecule has 0 heterocycles. The summed E-state index contributed by atoms with van der Waals surface area (Å²) < 4.78 is 73.7. The molecule has 0 unspecified atom stereocenters. The normalized spacial score (nSPS) is 11.4. The van der Waals surface area contributed by atoms with Gasteiger partial charge in [-0.05, 0) is 0 Å². The molecule has 0 spiro atoms. The van der Waals surface area contributed by atoms with Gasteiger partial charge in [-0.15, -0.1) is 6.58 Å². The van der Waals surface area contributed by atoms with Crippen LogP contribution in [-0.4, -0.2) is 6.11 Å². The molecule has 0 aromatic heterocycles. The number of allylic oxidation sites excluding steroid dienone is 1. The lowest BCUT2D eigenvalue weighted by atomic mass is 10.4. The first kappa shape index (κ1) is 12.9. The smallest absolute Gasteiger partial charge is 0.426 e. The van der Waals surface area contributed by atoms with Crippen LogP contribution < -0.4 is 0 Å². The largest absolute Gasteiger partial charge is 0.471 e. The third kappa shape index (κ3) is 3.71. The van der Waals surface area contributed by atoms with Crippen LogP contribution in [0.4, 0.5) is 26.3 Å². The fourth-order valence-corrected chi connectivity index (χ4v) is 0.482. The second kappa shape index (κ2) is 4.92. The Morgan fingerprint density at radius 3 is 2.00 bits per heavy atom. The molecule has 0 aliphatic carbocycles. The van der Waals surface area contributed by atoms with Gasteiger partial charge in [0.1, 0.15) is 0 Å². The number of hydrogen-bond donors (Lipinski definition) is 0. The zero-order valence-electron chi connectivity index (χ0n) is 6.67. The lowest BCUT2D eigenvalue weighted by Crippen LogP contribution is -2.24. The van der Waals surface area contributed by atoms with Crippen molar-refractivity contribution in [2.45, 2.75) is 12.5 Å². The monoisotopic (exact) mass is 219 g/mol. The lowest BCUT2D eigenvalue weighted by Gasteiger charge is -2.16. The molecule has 0 aromatic carbocycles. The molecule has 0 fully saturated rings. The molecule has 0 N–H and O–H groups in total. The quantitative estimate of drug-likeness (QED) is 0.389. The molecule has 0 aromatic rings. The van der Waals surface area contributed by atoms with Gasteiger partial charge in [0, 0.05) is 6.42 Å².